The fourth-order valence-electron chi connectivity index (χ4n) is 3.10. The van der Waals surface area contributed by atoms with Crippen molar-refractivity contribution < 1.29 is 0 Å². The van der Waals surface area contributed by atoms with Crippen LogP contribution in [0, 0.1) is 0 Å². The largest absolute Gasteiger partial charge is 0.352 e. The Kier molecular flexibility index (Phi) is 4.39. The Morgan fingerprint density at radius 2 is 2.05 bits per heavy atom. The lowest BCUT2D eigenvalue weighted by Crippen LogP contribution is -2.47. The maximum atomic E-state index is 4.87. The lowest BCUT2D eigenvalue weighted by molar-refractivity contribution is 0.419. The minimum atomic E-state index is 0.540. The summed E-state index contributed by atoms with van der Waals surface area (Å²) in [5.41, 5.74) is 1.09. The molecule has 0 amide bonds. The van der Waals surface area contributed by atoms with Crippen LogP contribution in [0.2, 0.25) is 0 Å². The molecule has 112 valence electrons. The van der Waals surface area contributed by atoms with Crippen LogP contribution < -0.4 is 10.2 Å². The predicted octanol–water partition coefficient (Wildman–Crippen LogP) is 3.59. The second-order valence-electron chi connectivity index (χ2n) is 6.27. The van der Waals surface area contributed by atoms with Crippen LogP contribution in [0.1, 0.15) is 33.1 Å². The summed E-state index contributed by atoms with van der Waals surface area (Å²) in [5.74, 6) is 1.13. The van der Waals surface area contributed by atoms with Gasteiger partial charge in [-0.15, -0.1) is 0 Å². The van der Waals surface area contributed by atoms with Crippen LogP contribution in [0.4, 0.5) is 5.82 Å². The van der Waals surface area contributed by atoms with E-state index in [0.717, 1.165) is 24.4 Å². The van der Waals surface area contributed by atoms with Crippen LogP contribution >= 0.6 is 0 Å². The number of rotatable bonds is 4. The van der Waals surface area contributed by atoms with Gasteiger partial charge in [-0.2, -0.15) is 0 Å². The summed E-state index contributed by atoms with van der Waals surface area (Å²) in [5, 5.41) is 4.80. The van der Waals surface area contributed by atoms with Gasteiger partial charge in [0.1, 0.15) is 5.82 Å². The molecule has 1 atom stereocenters. The molecule has 2 heterocycles. The lowest BCUT2D eigenvalue weighted by Gasteiger charge is -2.37. The standard InChI is InChI=1S/C18H25N3/c1-14(2)19-13-16-8-5-6-12-21(16)18-11-10-15-7-3-4-9-17(15)20-18/h3-4,7,9-11,14,16,19H,5-6,8,12-13H2,1-2H3. The average molecular weight is 283 g/mol. The predicted molar refractivity (Wildman–Crippen MR) is 89.9 cm³/mol. The van der Waals surface area contributed by atoms with Crippen molar-refractivity contribution in [3.05, 3.63) is 36.4 Å². The number of nitrogens with zero attached hydrogens (tertiary/aromatic N) is 2. The van der Waals surface area contributed by atoms with E-state index in [1.807, 2.05) is 0 Å². The van der Waals surface area contributed by atoms with Crippen molar-refractivity contribution in [2.75, 3.05) is 18.0 Å². The van der Waals surface area contributed by atoms with Crippen molar-refractivity contribution in [2.24, 2.45) is 0 Å². The monoisotopic (exact) mass is 283 g/mol. The van der Waals surface area contributed by atoms with Crippen molar-refractivity contribution in [3.8, 4) is 0 Å². The lowest BCUT2D eigenvalue weighted by atomic mass is 10.0. The highest BCUT2D eigenvalue weighted by molar-refractivity contribution is 5.80. The van der Waals surface area contributed by atoms with Gasteiger partial charge in [-0.25, -0.2) is 4.98 Å². The maximum Gasteiger partial charge on any atom is 0.129 e. The van der Waals surface area contributed by atoms with E-state index in [1.54, 1.807) is 0 Å². The van der Waals surface area contributed by atoms with Crippen LogP contribution in [0.5, 0.6) is 0 Å². The quantitative estimate of drug-likeness (QED) is 0.929. The Bertz CT molecular complexity index is 594. The number of anilines is 1. The van der Waals surface area contributed by atoms with E-state index < -0.39 is 0 Å². The first-order chi connectivity index (χ1) is 10.2. The van der Waals surface area contributed by atoms with Crippen LogP contribution in [0.3, 0.4) is 0 Å². The number of hydrogen-bond donors (Lipinski definition) is 1. The molecule has 1 aliphatic heterocycles. The summed E-state index contributed by atoms with van der Waals surface area (Å²) in [6.45, 7) is 6.59. The van der Waals surface area contributed by atoms with E-state index in [-0.39, 0.29) is 0 Å². The zero-order chi connectivity index (χ0) is 14.7. The van der Waals surface area contributed by atoms with E-state index in [4.69, 9.17) is 4.98 Å². The van der Waals surface area contributed by atoms with Gasteiger partial charge in [0.2, 0.25) is 0 Å². The Balaban J connectivity index is 1.83. The van der Waals surface area contributed by atoms with Crippen molar-refractivity contribution in [2.45, 2.75) is 45.2 Å². The maximum absolute atomic E-state index is 4.87. The van der Waals surface area contributed by atoms with Gasteiger partial charge in [0, 0.05) is 30.6 Å². The first-order valence-electron chi connectivity index (χ1n) is 8.10. The normalized spacial score (nSPS) is 19.4. The second kappa shape index (κ2) is 6.44. The van der Waals surface area contributed by atoms with Crippen molar-refractivity contribution >= 4 is 16.7 Å². The van der Waals surface area contributed by atoms with Crippen molar-refractivity contribution in [1.29, 1.82) is 0 Å². The molecule has 0 bridgehead atoms. The SMILES string of the molecule is CC(C)NCC1CCCCN1c1ccc2ccccc2n1. The van der Waals surface area contributed by atoms with Gasteiger partial charge in [0.25, 0.3) is 0 Å². The Labute approximate surface area is 127 Å². The van der Waals surface area contributed by atoms with Crippen LogP contribution in [0.25, 0.3) is 10.9 Å². The van der Waals surface area contributed by atoms with E-state index in [2.05, 4.69) is 60.5 Å². The molecule has 1 unspecified atom stereocenters. The highest BCUT2D eigenvalue weighted by atomic mass is 15.2. The van der Waals surface area contributed by atoms with Crippen LogP contribution in [0.15, 0.2) is 36.4 Å². The molecule has 1 N–H and O–H groups in total. The van der Waals surface area contributed by atoms with Crippen molar-refractivity contribution in [1.82, 2.24) is 10.3 Å². The number of pyridine rings is 1. The zero-order valence-corrected chi connectivity index (χ0v) is 13.0. The van der Waals surface area contributed by atoms with E-state index in [0.29, 0.717) is 12.1 Å². The smallest absolute Gasteiger partial charge is 0.129 e. The molecule has 2 aromatic rings. The third-order valence-corrected chi connectivity index (χ3v) is 4.27. The molecule has 0 radical (unpaired) electrons. The van der Waals surface area contributed by atoms with Gasteiger partial charge in [0.15, 0.2) is 0 Å². The van der Waals surface area contributed by atoms with E-state index in [1.165, 1.54) is 24.6 Å². The molecule has 3 rings (SSSR count). The molecule has 0 aliphatic carbocycles. The summed E-state index contributed by atoms with van der Waals surface area (Å²) in [6, 6.07) is 13.8. The molecular formula is C18H25N3. The van der Waals surface area contributed by atoms with Gasteiger partial charge >= 0.3 is 0 Å². The Morgan fingerprint density at radius 1 is 1.19 bits per heavy atom. The van der Waals surface area contributed by atoms with Crippen LogP contribution in [-0.4, -0.2) is 30.2 Å². The minimum Gasteiger partial charge on any atom is -0.352 e. The zero-order valence-electron chi connectivity index (χ0n) is 13.0. The number of fused-ring (bicyclic) bond motifs is 1. The number of nitrogens with one attached hydrogen (secondary N) is 1. The van der Waals surface area contributed by atoms with Crippen LogP contribution in [-0.2, 0) is 0 Å². The molecule has 0 saturated carbocycles. The molecule has 3 heteroatoms. The first kappa shape index (κ1) is 14.3. The number of para-hydroxylation sites is 1. The fraction of sp³-hybridized carbons (Fsp3) is 0.500. The molecule has 21 heavy (non-hydrogen) atoms. The van der Waals surface area contributed by atoms with Gasteiger partial charge in [-0.1, -0.05) is 32.0 Å². The Morgan fingerprint density at radius 3 is 2.90 bits per heavy atom. The molecule has 1 saturated heterocycles. The summed E-state index contributed by atoms with van der Waals surface area (Å²) in [7, 11) is 0. The summed E-state index contributed by atoms with van der Waals surface area (Å²) in [4.78, 5) is 7.37. The van der Waals surface area contributed by atoms with Crippen molar-refractivity contribution in [3.63, 3.8) is 0 Å². The second-order valence-corrected chi connectivity index (χ2v) is 6.27. The number of aromatic nitrogens is 1. The Hall–Kier alpha value is -1.61. The van der Waals surface area contributed by atoms with Gasteiger partial charge in [-0.3, -0.25) is 0 Å². The summed E-state index contributed by atoms with van der Waals surface area (Å²) >= 11 is 0. The molecular weight excluding hydrogens is 258 g/mol. The summed E-state index contributed by atoms with van der Waals surface area (Å²) < 4.78 is 0. The molecule has 3 nitrogen and oxygen atoms in total. The number of piperidine rings is 1. The van der Waals surface area contributed by atoms with Gasteiger partial charge < -0.3 is 10.2 Å². The molecule has 0 spiro atoms. The third kappa shape index (κ3) is 3.35. The molecule has 1 aliphatic rings. The topological polar surface area (TPSA) is 28.2 Å². The first-order valence-corrected chi connectivity index (χ1v) is 8.10. The molecule has 1 aromatic carbocycles. The highest BCUT2D eigenvalue weighted by Gasteiger charge is 2.23. The molecule has 1 aromatic heterocycles. The molecule has 1 fully saturated rings. The van der Waals surface area contributed by atoms with E-state index in [9.17, 15) is 0 Å². The minimum absolute atomic E-state index is 0.540. The highest BCUT2D eigenvalue weighted by Crippen LogP contribution is 2.25. The average Bonchev–Trinajstić information content (AvgIpc) is 2.52. The van der Waals surface area contributed by atoms with Gasteiger partial charge in [-0.05, 0) is 37.5 Å². The number of benzene rings is 1. The number of hydrogen-bond acceptors (Lipinski definition) is 3. The fourth-order valence-corrected chi connectivity index (χ4v) is 3.10. The van der Waals surface area contributed by atoms with E-state index >= 15 is 0 Å². The third-order valence-electron chi connectivity index (χ3n) is 4.27. The van der Waals surface area contributed by atoms with Gasteiger partial charge in [0.05, 0.1) is 5.52 Å². The summed E-state index contributed by atoms with van der Waals surface area (Å²) in [6.07, 6.45) is 3.86.